The minimum absolute atomic E-state index is 0.307. The number of carbonyl (C=O) groups is 1. The minimum atomic E-state index is -1.07. The van der Waals surface area contributed by atoms with Crippen molar-refractivity contribution in [1.82, 2.24) is 5.32 Å². The van der Waals surface area contributed by atoms with Gasteiger partial charge in [0.15, 0.2) is 0 Å². The Morgan fingerprint density at radius 2 is 0.438 bits per heavy atom. The zero-order valence-electron chi connectivity index (χ0n) is 50.3. The van der Waals surface area contributed by atoms with E-state index in [2.05, 4.69) is 19.2 Å². The van der Waals surface area contributed by atoms with Crippen LogP contribution in [0.2, 0.25) is 0 Å². The SMILES string of the molecule is CCCCCCCCCCCCCCCCCCCCCCCCCCCCCCCCCCCCCCCCC(O)C(=O)NC(CO)C(O)CCCCCCCCCCCCCCCCCCCCCCC. The molecule has 0 rings (SSSR count). The third-order valence-corrected chi connectivity index (χ3v) is 16.7. The Balaban J connectivity index is 3.40. The fraction of sp³-hybridized carbons (Fsp3) is 0.985. The molecule has 0 aliphatic heterocycles. The van der Waals surface area contributed by atoms with Gasteiger partial charge in [-0.2, -0.15) is 0 Å². The van der Waals surface area contributed by atoms with Crippen LogP contribution >= 0.6 is 0 Å². The lowest BCUT2D eigenvalue weighted by atomic mass is 10.0. The Labute approximate surface area is 459 Å². The predicted octanol–water partition coefficient (Wildman–Crippen LogP) is 22.0. The molecule has 3 unspecified atom stereocenters. The van der Waals surface area contributed by atoms with Crippen molar-refractivity contribution in [3.8, 4) is 0 Å². The van der Waals surface area contributed by atoms with Crippen LogP contribution in [0.3, 0.4) is 0 Å². The molecule has 73 heavy (non-hydrogen) atoms. The largest absolute Gasteiger partial charge is 0.394 e. The van der Waals surface area contributed by atoms with Crippen LogP contribution in [0.15, 0.2) is 0 Å². The molecule has 0 saturated carbocycles. The first-order valence-corrected chi connectivity index (χ1v) is 34.3. The predicted molar refractivity (Wildman–Crippen MR) is 324 cm³/mol. The van der Waals surface area contributed by atoms with Gasteiger partial charge in [-0.05, 0) is 12.8 Å². The van der Waals surface area contributed by atoms with Crippen molar-refractivity contribution in [1.29, 1.82) is 0 Å². The molecule has 0 saturated heterocycles. The molecule has 0 aromatic carbocycles. The summed E-state index contributed by atoms with van der Waals surface area (Å²) in [6, 6.07) is -0.708. The lowest BCUT2D eigenvalue weighted by Crippen LogP contribution is -2.49. The summed E-state index contributed by atoms with van der Waals surface area (Å²) in [5, 5.41) is 33.7. The highest BCUT2D eigenvalue weighted by atomic mass is 16.3. The van der Waals surface area contributed by atoms with E-state index >= 15 is 0 Å². The summed E-state index contributed by atoms with van der Waals surface area (Å²) in [4.78, 5) is 12.6. The van der Waals surface area contributed by atoms with E-state index in [0.29, 0.717) is 12.8 Å². The van der Waals surface area contributed by atoms with Crippen LogP contribution in [0.1, 0.15) is 406 Å². The number of carbonyl (C=O) groups excluding carboxylic acids is 1. The normalized spacial score (nSPS) is 13.0. The summed E-state index contributed by atoms with van der Waals surface area (Å²) in [6.07, 6.45) is 80.7. The third kappa shape index (κ3) is 58.9. The van der Waals surface area contributed by atoms with Gasteiger partial charge in [-0.25, -0.2) is 0 Å². The molecule has 0 aromatic heterocycles. The monoisotopic (exact) mass is 1030 g/mol. The molecular weight excluding hydrogens is 895 g/mol. The van der Waals surface area contributed by atoms with E-state index in [4.69, 9.17) is 0 Å². The van der Waals surface area contributed by atoms with Gasteiger partial charge >= 0.3 is 0 Å². The second-order valence-corrected chi connectivity index (χ2v) is 24.1. The van der Waals surface area contributed by atoms with Crippen LogP contribution in [0, 0.1) is 0 Å². The number of rotatable bonds is 65. The van der Waals surface area contributed by atoms with Gasteiger partial charge in [-0.3, -0.25) is 4.79 Å². The standard InChI is InChI=1S/C68H137NO4/c1-3-5-7-9-11-13-15-17-19-21-23-25-26-27-28-29-30-31-32-33-34-35-36-37-38-39-40-41-43-45-47-49-51-53-55-57-59-61-63-67(72)68(73)69-65(64-70)66(71)62-60-58-56-54-52-50-48-46-44-42-24-22-20-18-16-14-12-10-8-6-4-2/h65-67,70-72H,3-64H2,1-2H3,(H,69,73). The Morgan fingerprint density at radius 1 is 0.274 bits per heavy atom. The molecule has 5 nitrogen and oxygen atoms in total. The maximum absolute atomic E-state index is 12.6. The number of hydrogen-bond acceptors (Lipinski definition) is 4. The molecule has 5 heteroatoms. The minimum Gasteiger partial charge on any atom is -0.394 e. The molecule has 3 atom stereocenters. The Morgan fingerprint density at radius 3 is 0.616 bits per heavy atom. The van der Waals surface area contributed by atoms with Gasteiger partial charge in [0.1, 0.15) is 6.10 Å². The lowest BCUT2D eigenvalue weighted by molar-refractivity contribution is -0.131. The summed E-state index contributed by atoms with van der Waals surface area (Å²) < 4.78 is 0. The summed E-state index contributed by atoms with van der Waals surface area (Å²) >= 11 is 0. The highest BCUT2D eigenvalue weighted by molar-refractivity contribution is 5.80. The van der Waals surface area contributed by atoms with Crippen molar-refractivity contribution in [3.63, 3.8) is 0 Å². The third-order valence-electron chi connectivity index (χ3n) is 16.7. The first-order valence-electron chi connectivity index (χ1n) is 34.3. The maximum atomic E-state index is 12.6. The lowest BCUT2D eigenvalue weighted by Gasteiger charge is -2.23. The zero-order valence-corrected chi connectivity index (χ0v) is 50.3. The number of amides is 1. The average Bonchev–Trinajstić information content (AvgIpc) is 3.40. The van der Waals surface area contributed by atoms with Crippen LogP contribution in [-0.2, 0) is 4.79 Å². The number of aliphatic hydroxyl groups excluding tert-OH is 3. The molecule has 0 heterocycles. The topological polar surface area (TPSA) is 89.8 Å². The summed E-state index contributed by atoms with van der Waals surface area (Å²) in [7, 11) is 0. The Hall–Kier alpha value is -0.650. The zero-order chi connectivity index (χ0) is 52.9. The van der Waals surface area contributed by atoms with E-state index < -0.39 is 24.2 Å². The van der Waals surface area contributed by atoms with E-state index in [1.165, 1.54) is 347 Å². The molecule has 0 radical (unpaired) electrons. The van der Waals surface area contributed by atoms with E-state index in [1.807, 2.05) is 0 Å². The first kappa shape index (κ1) is 72.3. The summed E-state index contributed by atoms with van der Waals surface area (Å²) in [5.41, 5.74) is 0. The van der Waals surface area contributed by atoms with Gasteiger partial charge in [0, 0.05) is 0 Å². The van der Waals surface area contributed by atoms with Crippen LogP contribution in [0.25, 0.3) is 0 Å². The van der Waals surface area contributed by atoms with Gasteiger partial charge < -0.3 is 20.6 Å². The molecule has 0 fully saturated rings. The second kappa shape index (κ2) is 63.9. The van der Waals surface area contributed by atoms with Gasteiger partial charge in [0.25, 0.3) is 0 Å². The number of nitrogens with one attached hydrogen (secondary N) is 1. The van der Waals surface area contributed by atoms with Crippen molar-refractivity contribution in [2.75, 3.05) is 6.61 Å². The number of unbranched alkanes of at least 4 members (excludes halogenated alkanes) is 57. The molecule has 0 aliphatic rings. The van der Waals surface area contributed by atoms with Crippen LogP contribution in [0.4, 0.5) is 0 Å². The van der Waals surface area contributed by atoms with Crippen molar-refractivity contribution < 1.29 is 20.1 Å². The fourth-order valence-corrected chi connectivity index (χ4v) is 11.4. The Kier molecular flexibility index (Phi) is 63.3. The maximum Gasteiger partial charge on any atom is 0.249 e. The van der Waals surface area contributed by atoms with Gasteiger partial charge in [-0.15, -0.1) is 0 Å². The van der Waals surface area contributed by atoms with Crippen LogP contribution in [-0.4, -0.2) is 46.1 Å². The first-order chi connectivity index (χ1) is 36.1. The molecule has 0 aromatic rings. The highest BCUT2D eigenvalue weighted by Crippen LogP contribution is 2.20. The van der Waals surface area contributed by atoms with Crippen molar-refractivity contribution in [2.45, 2.75) is 424 Å². The molecular formula is C68H137NO4. The van der Waals surface area contributed by atoms with Crippen molar-refractivity contribution in [2.24, 2.45) is 0 Å². The molecule has 0 aliphatic carbocycles. The highest BCUT2D eigenvalue weighted by Gasteiger charge is 2.23. The molecule has 438 valence electrons. The van der Waals surface area contributed by atoms with Crippen molar-refractivity contribution in [3.05, 3.63) is 0 Å². The molecule has 1 amide bonds. The van der Waals surface area contributed by atoms with E-state index in [0.717, 1.165) is 32.1 Å². The Bertz CT molecular complexity index is 1010. The van der Waals surface area contributed by atoms with E-state index in [-0.39, 0.29) is 6.61 Å². The summed E-state index contributed by atoms with van der Waals surface area (Å²) in [6.45, 7) is 4.29. The second-order valence-electron chi connectivity index (χ2n) is 24.1. The smallest absolute Gasteiger partial charge is 0.249 e. The van der Waals surface area contributed by atoms with Crippen LogP contribution < -0.4 is 5.32 Å². The quantitative estimate of drug-likeness (QED) is 0.0457. The summed E-state index contributed by atoms with van der Waals surface area (Å²) in [5.74, 6) is -0.460. The number of hydrogen-bond donors (Lipinski definition) is 4. The van der Waals surface area contributed by atoms with Gasteiger partial charge in [0.2, 0.25) is 5.91 Å². The van der Waals surface area contributed by atoms with Crippen molar-refractivity contribution >= 4 is 5.91 Å². The average molecular weight is 1030 g/mol. The van der Waals surface area contributed by atoms with Gasteiger partial charge in [0.05, 0.1) is 18.8 Å². The number of aliphatic hydroxyl groups is 3. The van der Waals surface area contributed by atoms with E-state index in [9.17, 15) is 20.1 Å². The molecule has 0 spiro atoms. The molecule has 4 N–H and O–H groups in total. The fourth-order valence-electron chi connectivity index (χ4n) is 11.4. The molecule has 0 bridgehead atoms. The van der Waals surface area contributed by atoms with Crippen LogP contribution in [0.5, 0.6) is 0 Å². The van der Waals surface area contributed by atoms with Gasteiger partial charge in [-0.1, -0.05) is 393 Å². The van der Waals surface area contributed by atoms with E-state index in [1.54, 1.807) is 0 Å².